The van der Waals surface area contributed by atoms with Crippen LogP contribution in [-0.2, 0) is 13.0 Å². The summed E-state index contributed by atoms with van der Waals surface area (Å²) >= 11 is 0. The van der Waals surface area contributed by atoms with Gasteiger partial charge in [0.1, 0.15) is 5.82 Å². The molecule has 112 valence electrons. The maximum Gasteiger partial charge on any atom is 0.187 e. The molecule has 5 heteroatoms. The molecule has 1 unspecified atom stereocenters. The average molecular weight is 295 g/mol. The summed E-state index contributed by atoms with van der Waals surface area (Å²) in [6.45, 7) is 2.20. The molecule has 21 heavy (non-hydrogen) atoms. The van der Waals surface area contributed by atoms with Crippen LogP contribution in [0.5, 0.6) is 5.75 Å². The molecule has 0 aliphatic carbocycles. The molecular formula is C16H16F3NO. The molecule has 2 N–H and O–H groups in total. The first-order valence-electron chi connectivity index (χ1n) is 6.60. The number of benzene rings is 2. The van der Waals surface area contributed by atoms with E-state index in [-0.39, 0.29) is 18.4 Å². The number of phenols is 1. The van der Waals surface area contributed by atoms with Crippen molar-refractivity contribution in [3.8, 4) is 5.75 Å². The lowest BCUT2D eigenvalue weighted by molar-refractivity contribution is 0.394. The van der Waals surface area contributed by atoms with Crippen molar-refractivity contribution in [1.82, 2.24) is 5.32 Å². The largest absolute Gasteiger partial charge is 0.503 e. The minimum Gasteiger partial charge on any atom is -0.503 e. The maximum atomic E-state index is 13.2. The molecule has 0 saturated carbocycles. The van der Waals surface area contributed by atoms with Gasteiger partial charge in [-0.1, -0.05) is 12.1 Å². The summed E-state index contributed by atoms with van der Waals surface area (Å²) in [7, 11) is 0. The van der Waals surface area contributed by atoms with E-state index in [1.54, 1.807) is 12.1 Å². The normalized spacial score (nSPS) is 12.4. The second-order valence-electron chi connectivity index (χ2n) is 5.02. The highest BCUT2D eigenvalue weighted by Crippen LogP contribution is 2.21. The first kappa shape index (κ1) is 15.4. The van der Waals surface area contributed by atoms with Gasteiger partial charge in [-0.2, -0.15) is 0 Å². The van der Waals surface area contributed by atoms with E-state index in [0.717, 1.165) is 17.7 Å². The van der Waals surface area contributed by atoms with Crippen molar-refractivity contribution < 1.29 is 18.3 Å². The summed E-state index contributed by atoms with van der Waals surface area (Å²) in [5.41, 5.74) is 1.38. The fourth-order valence-electron chi connectivity index (χ4n) is 2.06. The fourth-order valence-corrected chi connectivity index (χ4v) is 2.06. The van der Waals surface area contributed by atoms with Crippen LogP contribution in [0.1, 0.15) is 18.1 Å². The summed E-state index contributed by atoms with van der Waals surface area (Å²) in [6.07, 6.45) is 0.670. The van der Waals surface area contributed by atoms with E-state index in [1.807, 2.05) is 6.92 Å². The van der Waals surface area contributed by atoms with E-state index in [0.29, 0.717) is 12.0 Å². The van der Waals surface area contributed by atoms with Gasteiger partial charge in [-0.3, -0.25) is 0 Å². The first-order valence-corrected chi connectivity index (χ1v) is 6.60. The van der Waals surface area contributed by atoms with Crippen LogP contribution in [0.2, 0.25) is 0 Å². The number of hydrogen-bond donors (Lipinski definition) is 2. The quantitative estimate of drug-likeness (QED) is 0.884. The Kier molecular flexibility index (Phi) is 4.85. The Bertz CT molecular complexity index is 590. The van der Waals surface area contributed by atoms with Crippen LogP contribution in [0.3, 0.4) is 0 Å². The zero-order valence-corrected chi connectivity index (χ0v) is 11.5. The van der Waals surface area contributed by atoms with Crippen LogP contribution in [0, 0.1) is 17.5 Å². The molecule has 0 aliphatic rings. The summed E-state index contributed by atoms with van der Waals surface area (Å²) < 4.78 is 39.2. The third kappa shape index (κ3) is 4.23. The third-order valence-corrected chi connectivity index (χ3v) is 3.19. The summed E-state index contributed by atoms with van der Waals surface area (Å²) in [6, 6.07) is 8.43. The Hall–Kier alpha value is -2.01. The van der Waals surface area contributed by atoms with E-state index in [9.17, 15) is 13.2 Å². The lowest BCUT2D eigenvalue weighted by Gasteiger charge is -2.14. The molecule has 0 spiro atoms. The predicted octanol–water partition coefficient (Wildman–Crippen LogP) is 3.53. The Labute approximate surface area is 121 Å². The lowest BCUT2D eigenvalue weighted by atomic mass is 10.1. The van der Waals surface area contributed by atoms with Crippen LogP contribution in [0.25, 0.3) is 0 Å². The molecule has 0 heterocycles. The van der Waals surface area contributed by atoms with Crippen molar-refractivity contribution in [1.29, 1.82) is 0 Å². The van der Waals surface area contributed by atoms with Crippen LogP contribution in [0.4, 0.5) is 13.2 Å². The summed E-state index contributed by atoms with van der Waals surface area (Å²) in [4.78, 5) is 0. The van der Waals surface area contributed by atoms with Gasteiger partial charge in [-0.25, -0.2) is 13.2 Å². The molecule has 0 aliphatic heterocycles. The van der Waals surface area contributed by atoms with Gasteiger partial charge in [-0.15, -0.1) is 0 Å². The monoisotopic (exact) mass is 295 g/mol. The summed E-state index contributed by atoms with van der Waals surface area (Å²) in [5, 5.41) is 12.2. The van der Waals surface area contributed by atoms with Crippen LogP contribution in [0.15, 0.2) is 36.4 Å². The highest BCUT2D eigenvalue weighted by atomic mass is 19.1. The number of hydrogen-bond acceptors (Lipinski definition) is 2. The Morgan fingerprint density at radius 1 is 1.00 bits per heavy atom. The Morgan fingerprint density at radius 3 is 2.14 bits per heavy atom. The zero-order chi connectivity index (χ0) is 15.4. The Morgan fingerprint density at radius 2 is 1.57 bits per heavy atom. The van der Waals surface area contributed by atoms with Gasteiger partial charge in [0.2, 0.25) is 0 Å². The van der Waals surface area contributed by atoms with Crippen LogP contribution >= 0.6 is 0 Å². The molecular weight excluding hydrogens is 279 g/mol. The number of halogens is 3. The van der Waals surface area contributed by atoms with Crippen molar-refractivity contribution in [2.45, 2.75) is 25.9 Å². The number of rotatable bonds is 5. The van der Waals surface area contributed by atoms with Gasteiger partial charge in [0, 0.05) is 12.6 Å². The zero-order valence-electron chi connectivity index (χ0n) is 11.5. The van der Waals surface area contributed by atoms with E-state index >= 15 is 0 Å². The molecule has 1 atom stereocenters. The molecule has 2 aromatic carbocycles. The van der Waals surface area contributed by atoms with Gasteiger partial charge in [0.25, 0.3) is 0 Å². The average Bonchev–Trinajstić information content (AvgIpc) is 2.45. The molecule has 0 aromatic heterocycles. The standard InChI is InChI=1S/C16H16F3NO/c1-10(6-11-2-4-13(17)5-3-11)20-9-12-7-14(18)16(21)15(19)8-12/h2-5,7-8,10,20-21H,6,9H2,1H3. The van der Waals surface area contributed by atoms with E-state index in [2.05, 4.69) is 5.32 Å². The van der Waals surface area contributed by atoms with Crippen molar-refractivity contribution >= 4 is 0 Å². The predicted molar refractivity (Wildman–Crippen MR) is 74.4 cm³/mol. The minimum absolute atomic E-state index is 0.0513. The molecule has 2 aromatic rings. The Balaban J connectivity index is 1.92. The third-order valence-electron chi connectivity index (χ3n) is 3.19. The van der Waals surface area contributed by atoms with E-state index < -0.39 is 17.4 Å². The second kappa shape index (κ2) is 6.63. The molecule has 0 saturated heterocycles. The van der Waals surface area contributed by atoms with Gasteiger partial charge in [-0.05, 0) is 48.7 Å². The minimum atomic E-state index is -0.974. The summed E-state index contributed by atoms with van der Waals surface area (Å²) in [5.74, 6) is -3.19. The molecule has 0 fully saturated rings. The number of aromatic hydroxyl groups is 1. The van der Waals surface area contributed by atoms with Crippen molar-refractivity contribution in [3.05, 3.63) is 65.0 Å². The second-order valence-corrected chi connectivity index (χ2v) is 5.02. The van der Waals surface area contributed by atoms with Crippen LogP contribution in [-0.4, -0.2) is 11.1 Å². The van der Waals surface area contributed by atoms with Crippen molar-refractivity contribution in [2.75, 3.05) is 0 Å². The lowest BCUT2D eigenvalue weighted by Crippen LogP contribution is -2.27. The van der Waals surface area contributed by atoms with Gasteiger partial charge >= 0.3 is 0 Å². The highest BCUT2D eigenvalue weighted by Gasteiger charge is 2.10. The SMILES string of the molecule is CC(Cc1ccc(F)cc1)NCc1cc(F)c(O)c(F)c1. The fraction of sp³-hybridized carbons (Fsp3) is 0.250. The molecule has 0 bridgehead atoms. The maximum absolute atomic E-state index is 13.2. The van der Waals surface area contributed by atoms with E-state index in [1.165, 1.54) is 12.1 Å². The topological polar surface area (TPSA) is 32.3 Å². The number of nitrogens with one attached hydrogen (secondary N) is 1. The molecule has 0 amide bonds. The smallest absolute Gasteiger partial charge is 0.187 e. The van der Waals surface area contributed by atoms with Gasteiger partial charge < -0.3 is 10.4 Å². The van der Waals surface area contributed by atoms with Crippen LogP contribution < -0.4 is 5.32 Å². The highest BCUT2D eigenvalue weighted by molar-refractivity contribution is 5.30. The number of phenolic OH excluding ortho intramolecular Hbond substituents is 1. The van der Waals surface area contributed by atoms with Crippen molar-refractivity contribution in [2.24, 2.45) is 0 Å². The first-order chi connectivity index (χ1) is 9.95. The van der Waals surface area contributed by atoms with Gasteiger partial charge in [0.15, 0.2) is 17.4 Å². The van der Waals surface area contributed by atoms with Crippen molar-refractivity contribution in [3.63, 3.8) is 0 Å². The molecule has 2 rings (SSSR count). The van der Waals surface area contributed by atoms with E-state index in [4.69, 9.17) is 5.11 Å². The molecule has 2 nitrogen and oxygen atoms in total. The van der Waals surface area contributed by atoms with Gasteiger partial charge in [0.05, 0.1) is 0 Å². The molecule has 0 radical (unpaired) electrons.